The summed E-state index contributed by atoms with van der Waals surface area (Å²) in [5, 5.41) is 2.74. The molecule has 2 aromatic rings. The lowest BCUT2D eigenvalue weighted by molar-refractivity contribution is -0.116. The second-order valence-electron chi connectivity index (χ2n) is 5.95. The van der Waals surface area contributed by atoms with Gasteiger partial charge in [0, 0.05) is 19.3 Å². The number of hydrogen-bond acceptors (Lipinski definition) is 4. The molecule has 1 heterocycles. The fourth-order valence-corrected chi connectivity index (χ4v) is 3.86. The first-order chi connectivity index (χ1) is 11.9. The summed E-state index contributed by atoms with van der Waals surface area (Å²) >= 11 is 0. The van der Waals surface area contributed by atoms with E-state index < -0.39 is 10.0 Å². The van der Waals surface area contributed by atoms with Crippen molar-refractivity contribution < 1.29 is 17.9 Å². The van der Waals surface area contributed by atoms with Gasteiger partial charge in [0.05, 0.1) is 10.8 Å². The number of carbonyl (C=O) groups excluding carboxylic acids is 1. The predicted molar refractivity (Wildman–Crippen MR) is 95.2 cm³/mol. The molecule has 0 aliphatic carbocycles. The van der Waals surface area contributed by atoms with Crippen LogP contribution in [0.4, 0.5) is 5.69 Å². The smallest absolute Gasteiger partial charge is 0.242 e. The summed E-state index contributed by atoms with van der Waals surface area (Å²) in [6.07, 6.45) is 0. The van der Waals surface area contributed by atoms with Crippen molar-refractivity contribution in [1.82, 2.24) is 4.31 Å². The summed E-state index contributed by atoms with van der Waals surface area (Å²) in [5.41, 5.74) is 1.38. The summed E-state index contributed by atoms with van der Waals surface area (Å²) in [6.45, 7) is 2.23. The Labute approximate surface area is 147 Å². The van der Waals surface area contributed by atoms with Gasteiger partial charge in [0.15, 0.2) is 0 Å². The van der Waals surface area contributed by atoms with Gasteiger partial charge in [-0.05, 0) is 42.8 Å². The molecule has 0 aromatic heterocycles. The number of likely N-dealkylation sites (N-methyl/N-ethyl adjacent to an activating group) is 1. The summed E-state index contributed by atoms with van der Waals surface area (Å²) in [5.74, 6) is 0.232. The van der Waals surface area contributed by atoms with E-state index in [4.69, 9.17) is 4.74 Å². The van der Waals surface area contributed by atoms with Gasteiger partial charge >= 0.3 is 0 Å². The van der Waals surface area contributed by atoms with Crippen LogP contribution < -0.4 is 10.1 Å². The number of ether oxygens (including phenoxy) is 1. The first-order valence-corrected chi connectivity index (χ1v) is 9.42. The van der Waals surface area contributed by atoms with Gasteiger partial charge in [0.2, 0.25) is 15.9 Å². The zero-order valence-corrected chi connectivity index (χ0v) is 14.9. The fraction of sp³-hybridized carbons (Fsp3) is 0.278. The Morgan fingerprint density at radius 1 is 1.16 bits per heavy atom. The Balaban J connectivity index is 1.70. The van der Waals surface area contributed by atoms with Crippen LogP contribution in [0, 0.1) is 0 Å². The Morgan fingerprint density at radius 3 is 2.60 bits per heavy atom. The van der Waals surface area contributed by atoms with Crippen molar-refractivity contribution in [2.75, 3.05) is 25.5 Å². The number of benzene rings is 2. The van der Waals surface area contributed by atoms with Gasteiger partial charge in [-0.15, -0.1) is 0 Å². The molecule has 1 aliphatic rings. The number of nitrogens with one attached hydrogen (secondary N) is 1. The molecule has 0 unspecified atom stereocenters. The number of anilines is 1. The van der Waals surface area contributed by atoms with Gasteiger partial charge in [-0.25, -0.2) is 8.42 Å². The van der Waals surface area contributed by atoms with Crippen molar-refractivity contribution >= 4 is 21.6 Å². The Bertz CT molecular complexity index is 881. The summed E-state index contributed by atoms with van der Waals surface area (Å²) in [6, 6.07) is 14.0. The molecule has 3 rings (SSSR count). The van der Waals surface area contributed by atoms with E-state index in [1.165, 1.54) is 17.4 Å². The zero-order valence-electron chi connectivity index (χ0n) is 14.1. The summed E-state index contributed by atoms with van der Waals surface area (Å²) in [4.78, 5) is 11.9. The molecule has 7 heteroatoms. The number of carbonyl (C=O) groups is 1. The molecular formula is C18H20N2O4S. The number of rotatable bonds is 6. The van der Waals surface area contributed by atoms with E-state index in [1.54, 1.807) is 19.1 Å². The molecule has 1 atom stereocenters. The highest BCUT2D eigenvalue weighted by Gasteiger charge is 2.29. The Morgan fingerprint density at radius 2 is 1.88 bits per heavy atom. The first kappa shape index (κ1) is 17.4. The molecule has 0 saturated carbocycles. The second kappa shape index (κ2) is 6.85. The lowest BCUT2D eigenvalue weighted by Crippen LogP contribution is -2.31. The van der Waals surface area contributed by atoms with Gasteiger partial charge in [-0.3, -0.25) is 4.79 Å². The predicted octanol–water partition coefficient (Wildman–Crippen LogP) is 2.44. The number of sulfonamides is 1. The molecule has 0 radical (unpaired) electrons. The van der Waals surface area contributed by atoms with Crippen LogP contribution >= 0.6 is 0 Å². The van der Waals surface area contributed by atoms with E-state index in [0.717, 1.165) is 0 Å². The fourth-order valence-electron chi connectivity index (χ4n) is 2.66. The van der Waals surface area contributed by atoms with Crippen molar-refractivity contribution in [3.05, 3.63) is 54.1 Å². The molecule has 0 fully saturated rings. The number of hydrogen-bond donors (Lipinski definition) is 1. The number of para-hydroxylation sites is 1. The minimum Gasteiger partial charge on any atom is -0.492 e. The van der Waals surface area contributed by atoms with Crippen LogP contribution in [0.5, 0.6) is 5.75 Å². The highest BCUT2D eigenvalue weighted by Crippen LogP contribution is 2.34. The summed E-state index contributed by atoms with van der Waals surface area (Å²) < 4.78 is 32.3. The SMILES string of the molecule is C[C@H]1C(=O)Nc2ccc(S(=O)(=O)N(C)CCOc3ccccc3)cc21. The van der Waals surface area contributed by atoms with Crippen LogP contribution in [0.15, 0.2) is 53.4 Å². The van der Waals surface area contributed by atoms with Gasteiger partial charge in [0.25, 0.3) is 0 Å². The van der Waals surface area contributed by atoms with Crippen molar-refractivity contribution in [2.45, 2.75) is 17.7 Å². The first-order valence-electron chi connectivity index (χ1n) is 7.98. The van der Waals surface area contributed by atoms with E-state index in [2.05, 4.69) is 5.32 Å². The van der Waals surface area contributed by atoms with E-state index in [1.807, 2.05) is 30.3 Å². The second-order valence-corrected chi connectivity index (χ2v) is 7.99. The quantitative estimate of drug-likeness (QED) is 0.858. The summed E-state index contributed by atoms with van der Waals surface area (Å²) in [7, 11) is -2.12. The third-order valence-corrected chi connectivity index (χ3v) is 6.12. The third kappa shape index (κ3) is 3.52. The molecule has 132 valence electrons. The molecule has 0 spiro atoms. The van der Waals surface area contributed by atoms with E-state index in [9.17, 15) is 13.2 Å². The topological polar surface area (TPSA) is 75.7 Å². The normalized spacial score (nSPS) is 16.6. The van der Waals surface area contributed by atoms with Gasteiger partial charge in [-0.1, -0.05) is 18.2 Å². The highest BCUT2D eigenvalue weighted by molar-refractivity contribution is 7.89. The molecule has 6 nitrogen and oxygen atoms in total. The van der Waals surface area contributed by atoms with Gasteiger partial charge < -0.3 is 10.1 Å². The van der Waals surface area contributed by atoms with E-state index in [-0.39, 0.29) is 29.9 Å². The zero-order chi connectivity index (χ0) is 18.0. The molecule has 2 aromatic carbocycles. The van der Waals surface area contributed by atoms with E-state index in [0.29, 0.717) is 17.0 Å². The standard InChI is InChI=1S/C18H20N2O4S/c1-13-16-12-15(8-9-17(16)19-18(13)21)25(22,23)20(2)10-11-24-14-6-4-3-5-7-14/h3-9,12-13H,10-11H2,1-2H3,(H,19,21)/t13-/m1/s1. The third-order valence-electron chi connectivity index (χ3n) is 4.27. The molecule has 1 aliphatic heterocycles. The lowest BCUT2D eigenvalue weighted by atomic mass is 10.0. The van der Waals surface area contributed by atoms with E-state index >= 15 is 0 Å². The van der Waals surface area contributed by atoms with Crippen molar-refractivity contribution in [3.63, 3.8) is 0 Å². The minimum atomic E-state index is -3.64. The average Bonchev–Trinajstić information content (AvgIpc) is 2.89. The average molecular weight is 360 g/mol. The minimum absolute atomic E-state index is 0.117. The molecular weight excluding hydrogens is 340 g/mol. The van der Waals surface area contributed by atoms with Crippen LogP contribution in [0.2, 0.25) is 0 Å². The maximum absolute atomic E-state index is 12.7. The molecule has 0 bridgehead atoms. The van der Waals surface area contributed by atoms with Crippen LogP contribution in [0.3, 0.4) is 0 Å². The number of amides is 1. The van der Waals surface area contributed by atoms with Crippen molar-refractivity contribution in [2.24, 2.45) is 0 Å². The lowest BCUT2D eigenvalue weighted by Gasteiger charge is -2.18. The number of nitrogens with zero attached hydrogens (tertiary/aromatic N) is 1. The van der Waals surface area contributed by atoms with Crippen molar-refractivity contribution in [3.8, 4) is 5.75 Å². The van der Waals surface area contributed by atoms with Crippen LogP contribution in [0.1, 0.15) is 18.4 Å². The highest BCUT2D eigenvalue weighted by atomic mass is 32.2. The maximum Gasteiger partial charge on any atom is 0.242 e. The van der Waals surface area contributed by atoms with Gasteiger partial charge in [0.1, 0.15) is 12.4 Å². The molecule has 25 heavy (non-hydrogen) atoms. The molecule has 1 N–H and O–H groups in total. The molecule has 0 saturated heterocycles. The van der Waals surface area contributed by atoms with Crippen molar-refractivity contribution in [1.29, 1.82) is 0 Å². The van der Waals surface area contributed by atoms with Gasteiger partial charge in [-0.2, -0.15) is 4.31 Å². The molecule has 1 amide bonds. The maximum atomic E-state index is 12.7. The van der Waals surface area contributed by atoms with Crippen LogP contribution in [-0.4, -0.2) is 38.8 Å². The largest absolute Gasteiger partial charge is 0.492 e. The Hall–Kier alpha value is -2.38. The van der Waals surface area contributed by atoms with Crippen LogP contribution in [-0.2, 0) is 14.8 Å². The monoisotopic (exact) mass is 360 g/mol. The Kier molecular flexibility index (Phi) is 4.78. The number of fused-ring (bicyclic) bond motifs is 1. The van der Waals surface area contributed by atoms with Crippen LogP contribution in [0.25, 0.3) is 0 Å².